The molecule has 0 bridgehead atoms. The predicted octanol–water partition coefficient (Wildman–Crippen LogP) is 2.49. The number of methoxy groups -OCH3 is 1. The number of aryl methyl sites for hydroxylation is 2. The van der Waals surface area contributed by atoms with Crippen LogP contribution >= 0.6 is 0 Å². The molecule has 144 valence electrons. The summed E-state index contributed by atoms with van der Waals surface area (Å²) >= 11 is 0. The van der Waals surface area contributed by atoms with Crippen LogP contribution in [0, 0.1) is 13.8 Å². The zero-order chi connectivity index (χ0) is 20.2. The maximum absolute atomic E-state index is 12.4. The molecule has 0 unspecified atom stereocenters. The molecule has 8 heteroatoms. The first-order chi connectivity index (χ1) is 12.6. The number of benzene rings is 2. The van der Waals surface area contributed by atoms with Crippen LogP contribution in [0.15, 0.2) is 42.5 Å². The van der Waals surface area contributed by atoms with E-state index in [1.54, 1.807) is 6.07 Å². The molecule has 0 fully saturated rings. The number of nitrogens with one attached hydrogen (secondary N) is 1. The molecule has 7 nitrogen and oxygen atoms in total. The molecule has 0 aliphatic heterocycles. The summed E-state index contributed by atoms with van der Waals surface area (Å²) < 4.78 is 29.9. The number of esters is 1. The highest BCUT2D eigenvalue weighted by Gasteiger charge is 2.21. The minimum absolute atomic E-state index is 0.278. The van der Waals surface area contributed by atoms with Gasteiger partial charge in [-0.05, 0) is 61.4 Å². The molecular formula is C19H22N2O5S. The van der Waals surface area contributed by atoms with Crippen molar-refractivity contribution in [1.29, 1.82) is 0 Å². The molecular weight excluding hydrogens is 368 g/mol. The van der Waals surface area contributed by atoms with Gasteiger partial charge in [-0.1, -0.05) is 6.07 Å². The Labute approximate surface area is 159 Å². The lowest BCUT2D eigenvalue weighted by Crippen LogP contribution is -2.37. The van der Waals surface area contributed by atoms with E-state index in [0.717, 1.165) is 21.7 Å². The van der Waals surface area contributed by atoms with E-state index >= 15 is 0 Å². The second-order valence-corrected chi connectivity index (χ2v) is 8.06. The van der Waals surface area contributed by atoms with Crippen LogP contribution in [0.25, 0.3) is 0 Å². The summed E-state index contributed by atoms with van der Waals surface area (Å²) in [6.45, 7) is 3.50. The van der Waals surface area contributed by atoms with Gasteiger partial charge >= 0.3 is 5.97 Å². The number of hydrogen-bond donors (Lipinski definition) is 1. The lowest BCUT2D eigenvalue weighted by Gasteiger charge is -2.22. The van der Waals surface area contributed by atoms with Crippen molar-refractivity contribution >= 4 is 33.3 Å². The minimum Gasteiger partial charge on any atom is -0.465 e. The predicted molar refractivity (Wildman–Crippen MR) is 105 cm³/mol. The van der Waals surface area contributed by atoms with Crippen LogP contribution in [0.2, 0.25) is 0 Å². The summed E-state index contributed by atoms with van der Waals surface area (Å²) in [5.74, 6) is -0.999. The molecule has 2 aromatic carbocycles. The molecule has 27 heavy (non-hydrogen) atoms. The second kappa shape index (κ2) is 8.22. The molecule has 0 saturated carbocycles. The van der Waals surface area contributed by atoms with Gasteiger partial charge in [-0.3, -0.25) is 9.10 Å². The summed E-state index contributed by atoms with van der Waals surface area (Å²) in [4.78, 5) is 23.9. The van der Waals surface area contributed by atoms with Gasteiger partial charge in [-0.25, -0.2) is 13.2 Å². The highest BCUT2D eigenvalue weighted by Crippen LogP contribution is 2.19. The van der Waals surface area contributed by atoms with E-state index in [-0.39, 0.29) is 17.8 Å². The fourth-order valence-corrected chi connectivity index (χ4v) is 3.29. The largest absolute Gasteiger partial charge is 0.465 e. The number of ether oxygens (including phenoxy) is 1. The Hall–Kier alpha value is -2.87. The van der Waals surface area contributed by atoms with Gasteiger partial charge in [0.2, 0.25) is 15.9 Å². The van der Waals surface area contributed by atoms with Crippen molar-refractivity contribution in [3.05, 3.63) is 59.2 Å². The minimum atomic E-state index is -3.70. The number of anilines is 2. The molecule has 2 aromatic rings. The first-order valence-electron chi connectivity index (χ1n) is 8.15. The molecule has 0 saturated heterocycles. The molecule has 1 N–H and O–H groups in total. The third-order valence-electron chi connectivity index (χ3n) is 4.05. The number of carbonyl (C=O) groups excluding carboxylic acids is 2. The van der Waals surface area contributed by atoms with Crippen LogP contribution in [0.1, 0.15) is 21.5 Å². The zero-order valence-electron chi connectivity index (χ0n) is 15.6. The number of amides is 1. The van der Waals surface area contributed by atoms with E-state index in [4.69, 9.17) is 0 Å². The van der Waals surface area contributed by atoms with Crippen molar-refractivity contribution in [3.8, 4) is 0 Å². The van der Waals surface area contributed by atoms with Gasteiger partial charge in [-0.15, -0.1) is 0 Å². The fourth-order valence-electron chi connectivity index (χ4n) is 2.43. The highest BCUT2D eigenvalue weighted by molar-refractivity contribution is 7.92. The van der Waals surface area contributed by atoms with Crippen molar-refractivity contribution in [3.63, 3.8) is 0 Å². The van der Waals surface area contributed by atoms with E-state index < -0.39 is 21.9 Å². The Morgan fingerprint density at radius 2 is 1.67 bits per heavy atom. The van der Waals surface area contributed by atoms with Crippen molar-refractivity contribution in [1.82, 2.24) is 0 Å². The fraction of sp³-hybridized carbons (Fsp3) is 0.263. The van der Waals surface area contributed by atoms with Crippen molar-refractivity contribution < 1.29 is 22.7 Å². The Morgan fingerprint density at radius 3 is 2.19 bits per heavy atom. The van der Waals surface area contributed by atoms with Gasteiger partial charge in [0.1, 0.15) is 6.54 Å². The van der Waals surface area contributed by atoms with Crippen LogP contribution in [0.4, 0.5) is 11.4 Å². The molecule has 2 rings (SSSR count). The SMILES string of the molecule is COC(=O)c1ccc(N(CC(=O)Nc2ccc(C)c(C)c2)S(C)(=O)=O)cc1. The average Bonchev–Trinajstić information content (AvgIpc) is 2.61. The number of carbonyl (C=O) groups is 2. The Bertz CT molecular complexity index is 953. The third-order valence-corrected chi connectivity index (χ3v) is 5.20. The van der Waals surface area contributed by atoms with Gasteiger partial charge in [0.25, 0.3) is 0 Å². The van der Waals surface area contributed by atoms with Crippen molar-refractivity contribution in [2.45, 2.75) is 13.8 Å². The molecule has 0 spiro atoms. The summed E-state index contributed by atoms with van der Waals surface area (Å²) in [5, 5.41) is 2.70. The Balaban J connectivity index is 2.20. The van der Waals surface area contributed by atoms with Gasteiger partial charge in [0.15, 0.2) is 0 Å². The standard InChI is InChI=1S/C19H22N2O5S/c1-13-5-8-16(11-14(13)2)20-18(22)12-21(27(4,24)25)17-9-6-15(7-10-17)19(23)26-3/h5-11H,12H2,1-4H3,(H,20,22). The van der Waals surface area contributed by atoms with Crippen LogP contribution < -0.4 is 9.62 Å². The molecule has 0 aromatic heterocycles. The second-order valence-electron chi connectivity index (χ2n) is 6.16. The Morgan fingerprint density at radius 1 is 1.04 bits per heavy atom. The zero-order valence-corrected chi connectivity index (χ0v) is 16.5. The molecule has 0 aliphatic rings. The number of nitrogens with zero attached hydrogens (tertiary/aromatic N) is 1. The van der Waals surface area contributed by atoms with Crippen molar-refractivity contribution in [2.75, 3.05) is 29.5 Å². The lowest BCUT2D eigenvalue weighted by atomic mass is 10.1. The topological polar surface area (TPSA) is 92.8 Å². The van der Waals surface area contributed by atoms with Crippen molar-refractivity contribution in [2.24, 2.45) is 0 Å². The van der Waals surface area contributed by atoms with Gasteiger partial charge in [0.05, 0.1) is 24.6 Å². The van der Waals surface area contributed by atoms with Crippen LogP contribution in [-0.2, 0) is 19.6 Å². The Kier molecular flexibility index (Phi) is 6.22. The van der Waals surface area contributed by atoms with E-state index in [1.807, 2.05) is 26.0 Å². The molecule has 0 atom stereocenters. The van der Waals surface area contributed by atoms with E-state index in [9.17, 15) is 18.0 Å². The molecule has 0 aliphatic carbocycles. The van der Waals surface area contributed by atoms with Crippen LogP contribution in [-0.4, -0.2) is 40.2 Å². The van der Waals surface area contributed by atoms with Gasteiger partial charge < -0.3 is 10.1 Å². The summed E-state index contributed by atoms with van der Waals surface area (Å²) in [5.41, 5.74) is 3.27. The van der Waals surface area contributed by atoms with Crippen LogP contribution in [0.3, 0.4) is 0 Å². The summed E-state index contributed by atoms with van der Waals surface area (Å²) in [6.07, 6.45) is 1.02. The molecule has 1 amide bonds. The number of sulfonamides is 1. The highest BCUT2D eigenvalue weighted by atomic mass is 32.2. The third kappa shape index (κ3) is 5.30. The van der Waals surface area contributed by atoms with Crippen LogP contribution in [0.5, 0.6) is 0 Å². The first-order valence-corrected chi connectivity index (χ1v) is 10.00. The van der Waals surface area contributed by atoms with E-state index in [1.165, 1.54) is 31.4 Å². The van der Waals surface area contributed by atoms with E-state index in [2.05, 4.69) is 10.1 Å². The number of rotatable bonds is 6. The first kappa shape index (κ1) is 20.4. The van der Waals surface area contributed by atoms with E-state index in [0.29, 0.717) is 5.69 Å². The summed E-state index contributed by atoms with van der Waals surface area (Å²) in [7, 11) is -2.44. The maximum Gasteiger partial charge on any atom is 0.337 e. The smallest absolute Gasteiger partial charge is 0.337 e. The quantitative estimate of drug-likeness (QED) is 0.765. The molecule has 0 radical (unpaired) electrons. The lowest BCUT2D eigenvalue weighted by molar-refractivity contribution is -0.114. The molecule has 0 heterocycles. The monoisotopic (exact) mass is 390 g/mol. The average molecular weight is 390 g/mol. The van der Waals surface area contributed by atoms with Gasteiger partial charge in [-0.2, -0.15) is 0 Å². The van der Waals surface area contributed by atoms with Gasteiger partial charge in [0, 0.05) is 5.69 Å². The maximum atomic E-state index is 12.4. The number of hydrogen-bond acceptors (Lipinski definition) is 5. The summed E-state index contributed by atoms with van der Waals surface area (Å²) in [6, 6.07) is 11.3. The normalized spacial score (nSPS) is 11.0.